The minimum Gasteiger partial charge on any atom is -0.470 e. The molecule has 2 nitrogen and oxygen atoms in total. The van der Waals surface area contributed by atoms with Crippen molar-refractivity contribution in [2.45, 2.75) is 18.6 Å². The Kier molecular flexibility index (Phi) is 1.75. The lowest BCUT2D eigenvalue weighted by atomic mass is 9.90. The van der Waals surface area contributed by atoms with Crippen molar-refractivity contribution < 1.29 is 4.74 Å². The number of benzene rings is 2. The Bertz CT molecular complexity index is 573. The highest BCUT2D eigenvalue weighted by Crippen LogP contribution is 2.43. The molecule has 17 heavy (non-hydrogen) atoms. The highest BCUT2D eigenvalue weighted by Gasteiger charge is 2.37. The van der Waals surface area contributed by atoms with Gasteiger partial charge < -0.3 is 10.1 Å². The van der Waals surface area contributed by atoms with Crippen molar-refractivity contribution >= 4 is 5.69 Å². The lowest BCUT2D eigenvalue weighted by Gasteiger charge is -2.28. The number of ether oxygens (including phenoxy) is 1. The number of hydrogen-bond donors (Lipinski definition) is 1. The first kappa shape index (κ1) is 9.11. The summed E-state index contributed by atoms with van der Waals surface area (Å²) in [5, 5.41) is 3.46. The van der Waals surface area contributed by atoms with Gasteiger partial charge in [0.25, 0.3) is 0 Å². The summed E-state index contributed by atoms with van der Waals surface area (Å²) in [6, 6.07) is 16.8. The molecule has 2 heteroatoms. The Balaban J connectivity index is 1.79. The summed E-state index contributed by atoms with van der Waals surface area (Å²) < 4.78 is 6.03. The van der Waals surface area contributed by atoms with E-state index in [2.05, 4.69) is 47.8 Å². The van der Waals surface area contributed by atoms with Gasteiger partial charge in [-0.3, -0.25) is 0 Å². The molecule has 2 aliphatic heterocycles. The summed E-state index contributed by atoms with van der Waals surface area (Å²) in [6.07, 6.45) is 1.16. The predicted octanol–water partition coefficient (Wildman–Crippen LogP) is 3.16. The van der Waals surface area contributed by atoms with Crippen molar-refractivity contribution in [1.29, 1.82) is 0 Å². The van der Waals surface area contributed by atoms with Crippen LogP contribution in [0.5, 0.6) is 5.75 Å². The number of anilines is 1. The number of nitrogens with one attached hydrogen (secondary N) is 1. The van der Waals surface area contributed by atoms with Gasteiger partial charge in [0.1, 0.15) is 5.75 Å². The van der Waals surface area contributed by atoms with E-state index in [1.807, 2.05) is 6.07 Å². The molecule has 0 saturated carbocycles. The summed E-state index contributed by atoms with van der Waals surface area (Å²) in [4.78, 5) is 0. The lowest BCUT2D eigenvalue weighted by molar-refractivity contribution is 0.185. The summed E-state index contributed by atoms with van der Waals surface area (Å²) in [7, 11) is 0. The van der Waals surface area contributed by atoms with Gasteiger partial charge in [0.05, 0.1) is 0 Å². The van der Waals surface area contributed by atoms with Crippen LogP contribution in [-0.4, -0.2) is 6.23 Å². The molecule has 2 atom stereocenters. The topological polar surface area (TPSA) is 21.3 Å². The van der Waals surface area contributed by atoms with Crippen molar-refractivity contribution in [3.63, 3.8) is 0 Å². The zero-order valence-electron chi connectivity index (χ0n) is 9.39. The Hall–Kier alpha value is -1.96. The average Bonchev–Trinajstić information content (AvgIpc) is 2.73. The van der Waals surface area contributed by atoms with Gasteiger partial charge in [-0.1, -0.05) is 36.4 Å². The molecule has 0 fully saturated rings. The van der Waals surface area contributed by atoms with E-state index in [1.165, 1.54) is 16.8 Å². The summed E-state index contributed by atoms with van der Waals surface area (Å²) in [5.74, 6) is 1.47. The van der Waals surface area contributed by atoms with Crippen LogP contribution in [0.2, 0.25) is 0 Å². The van der Waals surface area contributed by atoms with Gasteiger partial charge in [-0.05, 0) is 29.7 Å². The van der Waals surface area contributed by atoms with Crippen molar-refractivity contribution in [2.75, 3.05) is 5.32 Å². The van der Waals surface area contributed by atoms with Gasteiger partial charge in [0.2, 0.25) is 0 Å². The van der Waals surface area contributed by atoms with Gasteiger partial charge >= 0.3 is 0 Å². The first-order chi connectivity index (χ1) is 8.42. The van der Waals surface area contributed by atoms with E-state index in [0.29, 0.717) is 5.92 Å². The van der Waals surface area contributed by atoms with E-state index in [1.54, 1.807) is 0 Å². The third kappa shape index (κ3) is 1.27. The number of rotatable bonds is 0. The summed E-state index contributed by atoms with van der Waals surface area (Å²) in [5.41, 5.74) is 3.91. The maximum absolute atomic E-state index is 6.03. The molecule has 1 N–H and O–H groups in total. The monoisotopic (exact) mass is 223 g/mol. The third-order valence-corrected chi connectivity index (χ3v) is 3.69. The van der Waals surface area contributed by atoms with E-state index < -0.39 is 0 Å². The van der Waals surface area contributed by atoms with Crippen LogP contribution in [0.4, 0.5) is 5.69 Å². The molecule has 2 unspecified atom stereocenters. The lowest BCUT2D eigenvalue weighted by Crippen LogP contribution is -2.32. The second kappa shape index (κ2) is 3.27. The maximum atomic E-state index is 6.03. The van der Waals surface area contributed by atoms with Crippen molar-refractivity contribution in [1.82, 2.24) is 0 Å². The maximum Gasteiger partial charge on any atom is 0.177 e. The summed E-state index contributed by atoms with van der Waals surface area (Å²) >= 11 is 0. The van der Waals surface area contributed by atoms with Crippen LogP contribution < -0.4 is 10.1 Å². The van der Waals surface area contributed by atoms with E-state index in [-0.39, 0.29) is 6.23 Å². The van der Waals surface area contributed by atoms with Crippen LogP contribution in [0.1, 0.15) is 17.0 Å². The molecule has 0 radical (unpaired) electrons. The van der Waals surface area contributed by atoms with Gasteiger partial charge in [-0.2, -0.15) is 0 Å². The van der Waals surface area contributed by atoms with Gasteiger partial charge in [0, 0.05) is 11.6 Å². The van der Waals surface area contributed by atoms with Gasteiger partial charge in [0.15, 0.2) is 6.23 Å². The second-order valence-electron chi connectivity index (χ2n) is 4.69. The molecule has 84 valence electrons. The molecular weight excluding hydrogens is 210 g/mol. The zero-order valence-corrected chi connectivity index (χ0v) is 9.39. The molecule has 0 amide bonds. The van der Waals surface area contributed by atoms with Crippen LogP contribution >= 0.6 is 0 Å². The third-order valence-electron chi connectivity index (χ3n) is 3.69. The average molecular weight is 223 g/mol. The fourth-order valence-corrected chi connectivity index (χ4v) is 2.86. The first-order valence-corrected chi connectivity index (χ1v) is 6.02. The van der Waals surface area contributed by atoms with Crippen molar-refractivity contribution in [2.24, 2.45) is 0 Å². The number of fused-ring (bicyclic) bond motifs is 4. The first-order valence-electron chi connectivity index (χ1n) is 6.02. The fraction of sp³-hybridized carbons (Fsp3) is 0.200. The molecule has 4 rings (SSSR count). The SMILES string of the molecule is c1ccc2c(c1)CC1c3ccccc3NC1O2. The van der Waals surface area contributed by atoms with Crippen LogP contribution in [0, 0.1) is 0 Å². The summed E-state index contributed by atoms with van der Waals surface area (Å²) in [6.45, 7) is 0. The Morgan fingerprint density at radius 3 is 2.82 bits per heavy atom. The molecule has 2 aromatic rings. The minimum atomic E-state index is 0.0994. The molecule has 0 bridgehead atoms. The molecule has 0 spiro atoms. The molecule has 2 aliphatic rings. The molecule has 0 aliphatic carbocycles. The van der Waals surface area contributed by atoms with Gasteiger partial charge in [-0.15, -0.1) is 0 Å². The van der Waals surface area contributed by atoms with Gasteiger partial charge in [-0.25, -0.2) is 0 Å². The highest BCUT2D eigenvalue weighted by atomic mass is 16.5. The second-order valence-corrected chi connectivity index (χ2v) is 4.69. The Labute approximate surface area is 100 Å². The van der Waals surface area contributed by atoms with Crippen LogP contribution in [0.15, 0.2) is 48.5 Å². The van der Waals surface area contributed by atoms with Crippen molar-refractivity contribution in [3.05, 3.63) is 59.7 Å². The van der Waals surface area contributed by atoms with E-state index in [9.17, 15) is 0 Å². The minimum absolute atomic E-state index is 0.0994. The number of para-hydroxylation sites is 2. The van der Waals surface area contributed by atoms with E-state index in [0.717, 1.165) is 12.2 Å². The predicted molar refractivity (Wildman–Crippen MR) is 67.4 cm³/mol. The Morgan fingerprint density at radius 2 is 1.82 bits per heavy atom. The number of hydrogen-bond acceptors (Lipinski definition) is 2. The standard InChI is InChI=1S/C15H13NO/c1-4-8-14-10(5-1)9-12-11-6-2-3-7-13(11)16-15(12)17-14/h1-8,12,15-16H,9H2. The molecule has 0 saturated heterocycles. The van der Waals surface area contributed by atoms with Crippen molar-refractivity contribution in [3.8, 4) is 5.75 Å². The van der Waals surface area contributed by atoms with Crippen LogP contribution in [-0.2, 0) is 6.42 Å². The molecule has 0 aromatic heterocycles. The normalized spacial score (nSPS) is 24.0. The molecular formula is C15H13NO. The fourth-order valence-electron chi connectivity index (χ4n) is 2.86. The molecule has 2 aromatic carbocycles. The zero-order chi connectivity index (χ0) is 11.2. The largest absolute Gasteiger partial charge is 0.470 e. The van der Waals surface area contributed by atoms with Crippen LogP contribution in [0.3, 0.4) is 0 Å². The van der Waals surface area contributed by atoms with Crippen LogP contribution in [0.25, 0.3) is 0 Å². The smallest absolute Gasteiger partial charge is 0.177 e. The van der Waals surface area contributed by atoms with E-state index >= 15 is 0 Å². The highest BCUT2D eigenvalue weighted by molar-refractivity contribution is 5.60. The Morgan fingerprint density at radius 1 is 1.00 bits per heavy atom. The quantitative estimate of drug-likeness (QED) is 0.740. The van der Waals surface area contributed by atoms with E-state index in [4.69, 9.17) is 4.74 Å². The molecule has 2 heterocycles.